The van der Waals surface area contributed by atoms with E-state index in [4.69, 9.17) is 14.2 Å². The molecule has 0 saturated heterocycles. The van der Waals surface area contributed by atoms with Crippen LogP contribution in [-0.2, 0) is 28.6 Å². The molecule has 0 N–H and O–H groups in total. The average Bonchev–Trinajstić information content (AvgIpc) is 3.42. The lowest BCUT2D eigenvalue weighted by atomic mass is 10.0. The SMILES string of the molecule is CCCCCC/C=C\C/C=C\CCCCCCCC(=O)OCC(COC(=O)CCCCCCCCCCCCC/C=C\C/C=C\CCCCCCC)OC(=O)CCCCCCCCCCC/C=C\CCCCCCCC. The molecule has 0 spiro atoms. The number of carbonyl (C=O) groups is 3. The molecule has 0 aromatic carbocycles. The van der Waals surface area contributed by atoms with Crippen molar-refractivity contribution in [3.8, 4) is 0 Å². The maximum Gasteiger partial charge on any atom is 0.306 e. The molecule has 76 heavy (non-hydrogen) atoms. The quantitative estimate of drug-likeness (QED) is 0.0261. The molecule has 6 heteroatoms. The Hall–Kier alpha value is -2.89. The van der Waals surface area contributed by atoms with Gasteiger partial charge in [-0.3, -0.25) is 14.4 Å². The Labute approximate surface area is 472 Å². The fourth-order valence-electron chi connectivity index (χ4n) is 9.68. The van der Waals surface area contributed by atoms with Crippen LogP contribution >= 0.6 is 0 Å². The number of carbonyl (C=O) groups excluding carboxylic acids is 3. The summed E-state index contributed by atoms with van der Waals surface area (Å²) < 4.78 is 17.0. The van der Waals surface area contributed by atoms with Crippen LogP contribution in [0.4, 0.5) is 0 Å². The zero-order chi connectivity index (χ0) is 55.0. The Bertz CT molecular complexity index is 1360. The van der Waals surface area contributed by atoms with Crippen LogP contribution < -0.4 is 0 Å². The predicted octanol–water partition coefficient (Wildman–Crippen LogP) is 22.7. The Morgan fingerprint density at radius 1 is 0.263 bits per heavy atom. The number of allylic oxidation sites excluding steroid dienone is 10. The Morgan fingerprint density at radius 3 is 0.750 bits per heavy atom. The molecule has 0 fully saturated rings. The molecule has 0 aliphatic carbocycles. The van der Waals surface area contributed by atoms with Crippen molar-refractivity contribution in [1.29, 1.82) is 0 Å². The predicted molar refractivity (Wildman–Crippen MR) is 330 cm³/mol. The number of unbranched alkanes of at least 4 members (excludes halogenated alkanes) is 40. The molecule has 0 rings (SSSR count). The lowest BCUT2D eigenvalue weighted by Crippen LogP contribution is -2.30. The highest BCUT2D eigenvalue weighted by molar-refractivity contribution is 5.71. The van der Waals surface area contributed by atoms with E-state index >= 15 is 0 Å². The van der Waals surface area contributed by atoms with Crippen molar-refractivity contribution < 1.29 is 28.6 Å². The molecule has 0 radical (unpaired) electrons. The molecule has 1 atom stereocenters. The molecule has 0 aliphatic heterocycles. The maximum atomic E-state index is 12.9. The fraction of sp³-hybridized carbons (Fsp3) is 0.814. The number of esters is 3. The molecule has 442 valence electrons. The molecule has 0 aromatic rings. The highest BCUT2D eigenvalue weighted by atomic mass is 16.6. The Morgan fingerprint density at radius 2 is 0.474 bits per heavy atom. The summed E-state index contributed by atoms with van der Waals surface area (Å²) in [6.45, 7) is 6.64. The highest BCUT2D eigenvalue weighted by Crippen LogP contribution is 2.17. The molecular weight excluding hydrogens is 937 g/mol. The molecule has 0 bridgehead atoms. The van der Waals surface area contributed by atoms with E-state index in [-0.39, 0.29) is 31.1 Å². The van der Waals surface area contributed by atoms with Gasteiger partial charge in [-0.2, -0.15) is 0 Å². The molecule has 0 aliphatic rings. The van der Waals surface area contributed by atoms with E-state index in [9.17, 15) is 14.4 Å². The van der Waals surface area contributed by atoms with Gasteiger partial charge in [0, 0.05) is 19.3 Å². The van der Waals surface area contributed by atoms with Gasteiger partial charge in [-0.25, -0.2) is 0 Å². The van der Waals surface area contributed by atoms with Gasteiger partial charge < -0.3 is 14.2 Å². The number of rotatable bonds is 61. The third-order valence-corrected chi connectivity index (χ3v) is 14.7. The summed E-state index contributed by atoms with van der Waals surface area (Å²) in [6, 6.07) is 0. The van der Waals surface area contributed by atoms with Crippen molar-refractivity contribution in [2.45, 2.75) is 354 Å². The molecule has 0 saturated carbocycles. The second kappa shape index (κ2) is 64.6. The smallest absolute Gasteiger partial charge is 0.306 e. The lowest BCUT2D eigenvalue weighted by molar-refractivity contribution is -0.167. The summed E-state index contributed by atoms with van der Waals surface area (Å²) in [6.07, 6.45) is 82.2. The third-order valence-electron chi connectivity index (χ3n) is 14.7. The van der Waals surface area contributed by atoms with E-state index in [1.165, 1.54) is 225 Å². The van der Waals surface area contributed by atoms with Crippen molar-refractivity contribution in [3.63, 3.8) is 0 Å². The molecular formula is C70H126O6. The second-order valence-corrected chi connectivity index (χ2v) is 22.4. The molecule has 1 unspecified atom stereocenters. The van der Waals surface area contributed by atoms with Crippen LogP contribution in [0.25, 0.3) is 0 Å². The van der Waals surface area contributed by atoms with E-state index in [0.717, 1.165) is 83.5 Å². The van der Waals surface area contributed by atoms with Gasteiger partial charge in [0.15, 0.2) is 6.10 Å². The first-order chi connectivity index (χ1) is 37.5. The van der Waals surface area contributed by atoms with E-state index in [2.05, 4.69) is 81.5 Å². The van der Waals surface area contributed by atoms with Gasteiger partial charge in [-0.05, 0) is 109 Å². The summed E-state index contributed by atoms with van der Waals surface area (Å²) in [5.41, 5.74) is 0. The second-order valence-electron chi connectivity index (χ2n) is 22.4. The number of hydrogen-bond acceptors (Lipinski definition) is 6. The van der Waals surface area contributed by atoms with Crippen LogP contribution in [-0.4, -0.2) is 37.2 Å². The van der Waals surface area contributed by atoms with E-state index in [1.54, 1.807) is 0 Å². The first-order valence-electron chi connectivity index (χ1n) is 33.3. The van der Waals surface area contributed by atoms with Gasteiger partial charge in [0.1, 0.15) is 13.2 Å². The summed E-state index contributed by atoms with van der Waals surface area (Å²) in [5, 5.41) is 0. The monoisotopic (exact) mass is 1060 g/mol. The summed E-state index contributed by atoms with van der Waals surface area (Å²) in [7, 11) is 0. The van der Waals surface area contributed by atoms with Gasteiger partial charge in [-0.15, -0.1) is 0 Å². The van der Waals surface area contributed by atoms with Crippen molar-refractivity contribution >= 4 is 17.9 Å². The molecule has 6 nitrogen and oxygen atoms in total. The van der Waals surface area contributed by atoms with Crippen LogP contribution in [0.2, 0.25) is 0 Å². The fourth-order valence-corrected chi connectivity index (χ4v) is 9.68. The Kier molecular flexibility index (Phi) is 62.2. The van der Waals surface area contributed by atoms with Crippen molar-refractivity contribution in [2.24, 2.45) is 0 Å². The van der Waals surface area contributed by atoms with Gasteiger partial charge >= 0.3 is 17.9 Å². The van der Waals surface area contributed by atoms with Gasteiger partial charge in [-0.1, -0.05) is 281 Å². The van der Waals surface area contributed by atoms with Crippen LogP contribution in [0.15, 0.2) is 60.8 Å². The number of hydrogen-bond donors (Lipinski definition) is 0. The highest BCUT2D eigenvalue weighted by Gasteiger charge is 2.19. The van der Waals surface area contributed by atoms with Crippen molar-refractivity contribution in [3.05, 3.63) is 60.8 Å². The minimum Gasteiger partial charge on any atom is -0.462 e. The first-order valence-corrected chi connectivity index (χ1v) is 33.3. The maximum absolute atomic E-state index is 12.9. The van der Waals surface area contributed by atoms with Gasteiger partial charge in [0.05, 0.1) is 0 Å². The van der Waals surface area contributed by atoms with Crippen molar-refractivity contribution in [1.82, 2.24) is 0 Å². The number of ether oxygens (including phenoxy) is 3. The molecule has 0 aromatic heterocycles. The zero-order valence-electron chi connectivity index (χ0n) is 50.8. The van der Waals surface area contributed by atoms with Gasteiger partial charge in [0.2, 0.25) is 0 Å². The minimum absolute atomic E-state index is 0.0786. The van der Waals surface area contributed by atoms with Crippen molar-refractivity contribution in [2.75, 3.05) is 13.2 Å². The summed E-state index contributed by atoms with van der Waals surface area (Å²) in [5.74, 6) is -0.878. The van der Waals surface area contributed by atoms with E-state index in [1.807, 2.05) is 0 Å². The van der Waals surface area contributed by atoms with Crippen LogP contribution in [0.1, 0.15) is 348 Å². The largest absolute Gasteiger partial charge is 0.462 e. The van der Waals surface area contributed by atoms with E-state index in [0.29, 0.717) is 19.3 Å². The average molecular weight is 1060 g/mol. The first kappa shape index (κ1) is 73.1. The van der Waals surface area contributed by atoms with Gasteiger partial charge in [0.25, 0.3) is 0 Å². The zero-order valence-corrected chi connectivity index (χ0v) is 50.8. The Balaban J connectivity index is 4.35. The topological polar surface area (TPSA) is 78.9 Å². The summed E-state index contributed by atoms with van der Waals surface area (Å²) >= 11 is 0. The third kappa shape index (κ3) is 62.0. The van der Waals surface area contributed by atoms with Crippen LogP contribution in [0.5, 0.6) is 0 Å². The standard InChI is InChI=1S/C70H126O6/c1-4-7-10-13-16-19-22-25-28-31-33-34-35-36-38-39-42-45-48-51-54-57-60-63-69(72)75-66-67(65-74-68(71)62-59-56-53-50-47-44-41-30-27-24-21-18-15-12-9-6-3)76-70(73)64-61-58-55-52-49-46-43-40-37-32-29-26-23-20-17-14-11-8-5-2/h21-22,24-26,29-31,33,41,67H,4-20,23,27-28,32,34-40,42-66H2,1-3H3/b24-21-,25-22-,29-26-,33-31-,41-30-. The lowest BCUT2D eigenvalue weighted by Gasteiger charge is -2.18. The van der Waals surface area contributed by atoms with E-state index < -0.39 is 6.10 Å². The van der Waals surface area contributed by atoms with Crippen LogP contribution in [0.3, 0.4) is 0 Å². The minimum atomic E-state index is -0.783. The molecule has 0 heterocycles. The molecule has 0 amide bonds. The normalized spacial score (nSPS) is 12.4. The summed E-state index contributed by atoms with van der Waals surface area (Å²) in [4.78, 5) is 38.4. The van der Waals surface area contributed by atoms with Crippen LogP contribution in [0, 0.1) is 0 Å².